The first-order chi connectivity index (χ1) is 12.2. The Hall–Kier alpha value is -1.08. The van der Waals surface area contributed by atoms with Gasteiger partial charge in [-0.3, -0.25) is 9.69 Å². The molecule has 9 heteroatoms. The molecule has 2 atom stereocenters. The lowest BCUT2D eigenvalue weighted by Crippen LogP contribution is -2.39. The van der Waals surface area contributed by atoms with Gasteiger partial charge in [0.15, 0.2) is 6.49 Å². The van der Waals surface area contributed by atoms with Crippen molar-refractivity contribution in [3.05, 3.63) is 24.4 Å². The highest BCUT2D eigenvalue weighted by Gasteiger charge is 2.28. The van der Waals surface area contributed by atoms with Crippen molar-refractivity contribution in [2.75, 3.05) is 19.4 Å². The molecule has 1 unspecified atom stereocenters. The number of hydrogen-bond donors (Lipinski definition) is 3. The Morgan fingerprint density at radius 3 is 2.44 bits per heavy atom. The second kappa shape index (κ2) is 9.41. The molecule has 0 aromatic carbocycles. The van der Waals surface area contributed by atoms with Crippen LogP contribution >= 0.6 is 6.49 Å². The van der Waals surface area contributed by atoms with Gasteiger partial charge in [0.05, 0.1) is 13.3 Å². The van der Waals surface area contributed by atoms with Crippen molar-refractivity contribution in [3.8, 4) is 0 Å². The highest BCUT2D eigenvalue weighted by atomic mass is 32.5. The Kier molecular flexibility index (Phi) is 8.35. The van der Waals surface area contributed by atoms with E-state index in [9.17, 15) is 14.8 Å². The van der Waals surface area contributed by atoms with Crippen LogP contribution in [0.2, 0.25) is 0 Å². The molecule has 7 nitrogen and oxygen atoms in total. The molecular formula is C18H33N2O5PS. The van der Waals surface area contributed by atoms with Crippen molar-refractivity contribution in [1.82, 2.24) is 10.2 Å². The summed E-state index contributed by atoms with van der Waals surface area (Å²) in [7, 11) is 0. The average Bonchev–Trinajstić information content (AvgIpc) is 2.47. The summed E-state index contributed by atoms with van der Waals surface area (Å²) in [6.45, 7) is 9.56. The van der Waals surface area contributed by atoms with Gasteiger partial charge in [0, 0.05) is 18.4 Å². The Labute approximate surface area is 167 Å². The molecule has 0 fully saturated rings. The first-order valence-corrected chi connectivity index (χ1v) is 11.8. The summed E-state index contributed by atoms with van der Waals surface area (Å²) in [5.74, 6) is -0.0209. The predicted octanol–water partition coefficient (Wildman–Crippen LogP) is 3.43. The summed E-state index contributed by atoms with van der Waals surface area (Å²) in [5, 5.41) is 12.2. The van der Waals surface area contributed by atoms with Crippen molar-refractivity contribution in [2.45, 2.75) is 54.1 Å². The number of carbonyl (C=O) groups is 1. The van der Waals surface area contributed by atoms with Crippen LogP contribution in [-0.4, -0.2) is 46.3 Å². The number of carbonyl (C=O) groups excluding carboxylic acids is 1. The predicted molar refractivity (Wildman–Crippen MR) is 110 cm³/mol. The number of nitrogens with one attached hydrogen (secondary N) is 1. The molecule has 1 amide bonds. The van der Waals surface area contributed by atoms with Crippen molar-refractivity contribution >= 4 is 24.2 Å². The zero-order chi connectivity index (χ0) is 20.9. The van der Waals surface area contributed by atoms with Crippen LogP contribution in [0.4, 0.5) is 0 Å². The van der Waals surface area contributed by atoms with Gasteiger partial charge in [-0.1, -0.05) is 41.5 Å². The number of ether oxygens (including phenoxy) is 1. The monoisotopic (exact) mass is 420 g/mol. The Morgan fingerprint density at radius 1 is 1.37 bits per heavy atom. The quantitative estimate of drug-likeness (QED) is 0.409. The summed E-state index contributed by atoms with van der Waals surface area (Å²) in [4.78, 5) is 23.3. The van der Waals surface area contributed by atoms with E-state index >= 15 is 0 Å². The van der Waals surface area contributed by atoms with E-state index in [4.69, 9.17) is 21.1 Å². The second-order valence-electron chi connectivity index (χ2n) is 9.11. The minimum Gasteiger partial charge on any atom is -0.510 e. The minimum atomic E-state index is -2.94. The van der Waals surface area contributed by atoms with Gasteiger partial charge in [-0.25, -0.2) is 0 Å². The van der Waals surface area contributed by atoms with E-state index in [-0.39, 0.29) is 35.9 Å². The highest BCUT2D eigenvalue weighted by molar-refractivity contribution is 8.09. The van der Waals surface area contributed by atoms with Crippen molar-refractivity contribution in [2.24, 2.45) is 10.8 Å². The third-order valence-electron chi connectivity index (χ3n) is 3.49. The van der Waals surface area contributed by atoms with E-state index in [2.05, 4.69) is 26.1 Å². The Balaban J connectivity index is 2.83. The van der Waals surface area contributed by atoms with Crippen LogP contribution in [0.5, 0.6) is 0 Å². The molecule has 0 aromatic heterocycles. The molecule has 0 saturated carbocycles. The van der Waals surface area contributed by atoms with Crippen LogP contribution in [0.15, 0.2) is 24.4 Å². The standard InChI is InChI=1S/C18H33N2O5PS/c1-17(2,3)9-14(11-24-26(23,27)12-18(4,5)6)25-16(10-21)20-8-7-15(22)19-13-20/h7-8,10,14,21H,9,11-13H2,1-6H3,(H,19,22)(H,23,27)/b16-10+/t14-,26?/m1/s1. The van der Waals surface area contributed by atoms with E-state index in [0.717, 1.165) is 6.26 Å². The summed E-state index contributed by atoms with van der Waals surface area (Å²) in [6, 6.07) is 0. The maximum atomic E-state index is 11.3. The zero-order valence-electron chi connectivity index (χ0n) is 17.1. The number of amides is 1. The Bertz CT molecular complexity index is 622. The summed E-state index contributed by atoms with van der Waals surface area (Å²) in [5.41, 5.74) is -0.208. The van der Waals surface area contributed by atoms with Gasteiger partial charge < -0.3 is 24.6 Å². The van der Waals surface area contributed by atoms with E-state index in [1.165, 1.54) is 12.3 Å². The number of aliphatic hydroxyl groups is 1. The van der Waals surface area contributed by atoms with Crippen molar-refractivity contribution in [1.29, 1.82) is 0 Å². The van der Waals surface area contributed by atoms with Crippen LogP contribution in [0, 0.1) is 10.8 Å². The Morgan fingerprint density at radius 2 is 2.00 bits per heavy atom. The second-order valence-corrected chi connectivity index (χ2v) is 12.7. The van der Waals surface area contributed by atoms with E-state index in [1.54, 1.807) is 4.90 Å². The van der Waals surface area contributed by atoms with Crippen LogP contribution < -0.4 is 5.32 Å². The van der Waals surface area contributed by atoms with Crippen LogP contribution in [-0.2, 0) is 25.9 Å². The topological polar surface area (TPSA) is 91.3 Å². The first kappa shape index (κ1) is 24.0. The fraction of sp³-hybridized carbons (Fsp3) is 0.722. The van der Waals surface area contributed by atoms with Crippen molar-refractivity contribution < 1.29 is 24.1 Å². The van der Waals surface area contributed by atoms with E-state index < -0.39 is 12.6 Å². The summed E-state index contributed by atoms with van der Waals surface area (Å²) < 4.78 is 11.7. The normalized spacial score (nSPS) is 19.4. The first-order valence-electron chi connectivity index (χ1n) is 8.91. The van der Waals surface area contributed by atoms with Gasteiger partial charge in [0.2, 0.25) is 11.8 Å². The summed E-state index contributed by atoms with van der Waals surface area (Å²) in [6.07, 6.45) is 4.33. The molecule has 3 N–H and O–H groups in total. The molecule has 1 aliphatic heterocycles. The van der Waals surface area contributed by atoms with Gasteiger partial charge in [0.1, 0.15) is 12.4 Å². The minimum absolute atomic E-state index is 0.0669. The van der Waals surface area contributed by atoms with Gasteiger partial charge in [-0.15, -0.1) is 0 Å². The molecule has 1 aliphatic rings. The SMILES string of the molecule is CC(C)(C)C[C@H](COP(O)(=S)CC(C)(C)C)O/C(=C/O)N1C=CC(=O)NC1. The largest absolute Gasteiger partial charge is 0.510 e. The lowest BCUT2D eigenvalue weighted by atomic mass is 9.89. The third kappa shape index (κ3) is 10.1. The maximum absolute atomic E-state index is 11.3. The molecule has 156 valence electrons. The molecule has 27 heavy (non-hydrogen) atoms. The lowest BCUT2D eigenvalue weighted by Gasteiger charge is -2.33. The molecule has 0 bridgehead atoms. The maximum Gasteiger partial charge on any atom is 0.246 e. The molecule has 1 heterocycles. The van der Waals surface area contributed by atoms with Gasteiger partial charge in [-0.05, 0) is 29.1 Å². The fourth-order valence-electron chi connectivity index (χ4n) is 2.59. The third-order valence-corrected chi connectivity index (χ3v) is 6.09. The molecular weight excluding hydrogens is 387 g/mol. The van der Waals surface area contributed by atoms with Gasteiger partial charge >= 0.3 is 0 Å². The van der Waals surface area contributed by atoms with Gasteiger partial charge in [0.25, 0.3) is 0 Å². The van der Waals surface area contributed by atoms with Crippen molar-refractivity contribution in [3.63, 3.8) is 0 Å². The molecule has 0 radical (unpaired) electrons. The van der Waals surface area contributed by atoms with E-state index in [0.29, 0.717) is 12.6 Å². The molecule has 0 saturated heterocycles. The van der Waals surface area contributed by atoms with Crippen LogP contribution in [0.1, 0.15) is 48.0 Å². The zero-order valence-corrected chi connectivity index (χ0v) is 18.8. The van der Waals surface area contributed by atoms with E-state index in [1.807, 2.05) is 20.8 Å². The molecule has 0 spiro atoms. The summed E-state index contributed by atoms with van der Waals surface area (Å²) >= 11 is 5.29. The molecule has 0 aromatic rings. The number of rotatable bonds is 8. The van der Waals surface area contributed by atoms with Crippen LogP contribution in [0.3, 0.4) is 0 Å². The van der Waals surface area contributed by atoms with Crippen LogP contribution in [0.25, 0.3) is 0 Å². The smallest absolute Gasteiger partial charge is 0.246 e. The fourth-order valence-corrected chi connectivity index (χ4v) is 5.62. The average molecular weight is 421 g/mol. The molecule has 1 rings (SSSR count). The van der Waals surface area contributed by atoms with Gasteiger partial charge in [-0.2, -0.15) is 0 Å². The molecule has 0 aliphatic carbocycles. The number of nitrogens with zero attached hydrogens (tertiary/aromatic N) is 1. The lowest BCUT2D eigenvalue weighted by molar-refractivity contribution is -0.117. The number of hydrogen-bond acceptors (Lipinski definition) is 6. The number of aliphatic hydroxyl groups excluding tert-OH is 1. The highest BCUT2D eigenvalue weighted by Crippen LogP contribution is 2.48.